The smallest absolute Gasteiger partial charge is 0.0885 e. The van der Waals surface area contributed by atoms with Gasteiger partial charge in [0, 0.05) is 0 Å². The van der Waals surface area contributed by atoms with Crippen molar-refractivity contribution in [3.63, 3.8) is 0 Å². The van der Waals surface area contributed by atoms with E-state index in [0.717, 1.165) is 68.6 Å². The molecule has 0 rings (SSSR count). The SMILES string of the molecule is CCCCCCCCC=CCCCCCCCC(=O)OCC[S][Sn]([CH2]CCC)([S]CCOC(=O)CCCCCCCC=CCCCCCCCC)[S]CCOC(=O)CCCCCCCC=CCCCCCCCC. The third-order valence-corrected chi connectivity index (χ3v) is 53.8. The Kier molecular flexibility index (Phi) is 61.3. The molecule has 434 valence electrons. The van der Waals surface area contributed by atoms with Gasteiger partial charge in [-0.3, -0.25) is 0 Å². The van der Waals surface area contributed by atoms with Crippen molar-refractivity contribution in [3.05, 3.63) is 36.5 Å². The zero-order chi connectivity index (χ0) is 53.8. The summed E-state index contributed by atoms with van der Waals surface area (Å²) in [4.78, 5) is 38.2. The van der Waals surface area contributed by atoms with Crippen molar-refractivity contribution in [2.24, 2.45) is 0 Å². The molecule has 0 radical (unpaired) electrons. The van der Waals surface area contributed by atoms with Crippen LogP contribution >= 0.6 is 26.8 Å². The Bertz CT molecular complexity index is 1150. The fourth-order valence-corrected chi connectivity index (χ4v) is 47.4. The molecule has 74 heavy (non-hydrogen) atoms. The van der Waals surface area contributed by atoms with Crippen molar-refractivity contribution in [1.29, 1.82) is 0 Å². The summed E-state index contributed by atoms with van der Waals surface area (Å²) < 4.78 is 18.5. The summed E-state index contributed by atoms with van der Waals surface area (Å²) in [5.74, 6) is 2.16. The molecule has 0 spiro atoms. The number of unbranched alkanes of at least 4 members (excludes halogenated alkanes) is 34. The minimum absolute atomic E-state index is 0.0748. The molecule has 0 atom stereocenters. The van der Waals surface area contributed by atoms with Crippen LogP contribution in [0.25, 0.3) is 0 Å². The van der Waals surface area contributed by atoms with Gasteiger partial charge in [-0.25, -0.2) is 0 Å². The van der Waals surface area contributed by atoms with Crippen LogP contribution in [0.1, 0.15) is 310 Å². The van der Waals surface area contributed by atoms with Crippen molar-refractivity contribution in [2.45, 2.75) is 315 Å². The molecule has 0 bridgehead atoms. The fourth-order valence-electron chi connectivity index (χ4n) is 9.03. The summed E-state index contributed by atoms with van der Waals surface area (Å²) >= 11 is -3.01. The molecule has 0 saturated carbocycles. The van der Waals surface area contributed by atoms with Gasteiger partial charge in [-0.1, -0.05) is 154 Å². The Hall–Kier alpha value is -0.521. The van der Waals surface area contributed by atoms with Gasteiger partial charge in [0.15, 0.2) is 0 Å². The van der Waals surface area contributed by atoms with Crippen LogP contribution in [0.15, 0.2) is 36.5 Å². The quantitative estimate of drug-likeness (QED) is 0.0195. The molecule has 0 fully saturated rings. The van der Waals surface area contributed by atoms with Gasteiger partial charge in [0.1, 0.15) is 0 Å². The van der Waals surface area contributed by atoms with Gasteiger partial charge in [-0.15, -0.1) is 0 Å². The summed E-state index contributed by atoms with van der Waals surface area (Å²) in [7, 11) is 6.14. The molecule has 6 nitrogen and oxygen atoms in total. The number of rotatable bonds is 60. The van der Waals surface area contributed by atoms with E-state index in [1.807, 2.05) is 26.8 Å². The van der Waals surface area contributed by atoms with E-state index in [1.54, 1.807) is 0 Å². The molecular weight excluding hydrogens is 1080 g/mol. The van der Waals surface area contributed by atoms with Gasteiger partial charge in [0.2, 0.25) is 0 Å². The van der Waals surface area contributed by atoms with Crippen LogP contribution in [-0.4, -0.2) is 69.2 Å². The number of carbonyl (C=O) groups is 3. The summed E-state index contributed by atoms with van der Waals surface area (Å²) in [6.45, 7) is 10.4. The van der Waals surface area contributed by atoms with Crippen LogP contribution in [0.4, 0.5) is 0 Å². The van der Waals surface area contributed by atoms with Crippen molar-refractivity contribution < 1.29 is 28.6 Å². The van der Waals surface area contributed by atoms with Crippen LogP contribution in [-0.2, 0) is 28.6 Å². The average Bonchev–Trinajstić information content (AvgIpc) is 3.40. The Balaban J connectivity index is 4.73. The first kappa shape index (κ1) is 73.5. The molecule has 0 aromatic rings. The molecule has 0 aliphatic heterocycles. The van der Waals surface area contributed by atoms with E-state index < -0.39 is 14.2 Å². The normalized spacial score (nSPS) is 12.6. The topological polar surface area (TPSA) is 78.9 Å². The second kappa shape index (κ2) is 61.7. The van der Waals surface area contributed by atoms with Crippen LogP contribution < -0.4 is 0 Å². The Morgan fingerprint density at radius 3 is 0.757 bits per heavy atom. The van der Waals surface area contributed by atoms with Crippen molar-refractivity contribution in [2.75, 3.05) is 37.1 Å². The van der Waals surface area contributed by atoms with E-state index in [0.29, 0.717) is 39.1 Å². The standard InChI is InChI=1S/3C20H38O2S.C4H9.Sn/c3*1-2-3-4-5-6-7-8-9-10-11-12-13-14-15-16-17-20(21)22-18-19-23;1-3-4-2;/h3*9-10,23H,2-8,11-19H2,1H3;1,3-4H2,2H3;/q;;;;+3/p-3. The van der Waals surface area contributed by atoms with E-state index in [4.69, 9.17) is 14.2 Å². The van der Waals surface area contributed by atoms with Gasteiger partial charge in [-0.2, -0.15) is 0 Å². The van der Waals surface area contributed by atoms with Crippen LogP contribution in [0.3, 0.4) is 0 Å². The zero-order valence-electron chi connectivity index (χ0n) is 49.2. The number of allylic oxidation sites excluding steroid dienone is 6. The molecule has 0 aromatic heterocycles. The Labute approximate surface area is 472 Å². The van der Waals surface area contributed by atoms with Gasteiger partial charge in [0.05, 0.1) is 0 Å². The molecule has 0 aromatic carbocycles. The van der Waals surface area contributed by atoms with E-state index >= 15 is 0 Å². The van der Waals surface area contributed by atoms with E-state index in [1.165, 1.54) is 216 Å². The van der Waals surface area contributed by atoms with Crippen LogP contribution in [0.2, 0.25) is 4.44 Å². The maximum atomic E-state index is 12.7. The van der Waals surface area contributed by atoms with E-state index in [9.17, 15) is 14.4 Å². The van der Waals surface area contributed by atoms with E-state index in [-0.39, 0.29) is 17.9 Å². The van der Waals surface area contributed by atoms with Gasteiger partial charge < -0.3 is 0 Å². The van der Waals surface area contributed by atoms with Crippen molar-refractivity contribution >= 4 is 59.0 Å². The summed E-state index contributed by atoms with van der Waals surface area (Å²) in [5, 5.41) is 0. The van der Waals surface area contributed by atoms with Gasteiger partial charge in [0.25, 0.3) is 0 Å². The predicted molar refractivity (Wildman–Crippen MR) is 334 cm³/mol. The first-order chi connectivity index (χ1) is 36.4. The molecule has 0 amide bonds. The number of ether oxygens (including phenoxy) is 3. The zero-order valence-corrected chi connectivity index (χ0v) is 54.5. The predicted octanol–water partition coefficient (Wildman–Crippen LogP) is 21.7. The molecule has 0 unspecified atom stereocenters. The molecule has 10 heteroatoms. The molecule has 0 heterocycles. The Morgan fingerprint density at radius 2 is 0.514 bits per heavy atom. The Morgan fingerprint density at radius 1 is 0.297 bits per heavy atom. The summed E-state index contributed by atoms with van der Waals surface area (Å²) in [6, 6.07) is 0. The minimum atomic E-state index is -3.01. The number of carbonyl (C=O) groups excluding carboxylic acids is 3. The fraction of sp³-hybridized carbons (Fsp3) is 0.859. The first-order valence-corrected chi connectivity index (χ1v) is 47.2. The van der Waals surface area contributed by atoms with E-state index in [2.05, 4.69) is 64.2 Å². The number of hydrogen-bond donors (Lipinski definition) is 0. The van der Waals surface area contributed by atoms with Gasteiger partial charge in [-0.05, 0) is 38.5 Å². The molecule has 0 saturated heterocycles. The average molecular weight is 1200 g/mol. The van der Waals surface area contributed by atoms with Crippen LogP contribution in [0.5, 0.6) is 0 Å². The second-order valence-corrected chi connectivity index (χ2v) is 55.1. The summed E-state index contributed by atoms with van der Waals surface area (Å²) in [5.41, 5.74) is 0. The van der Waals surface area contributed by atoms with Crippen molar-refractivity contribution in [3.8, 4) is 0 Å². The minimum Gasteiger partial charge on any atom is -0.0885 e. The maximum absolute atomic E-state index is 12.7. The summed E-state index contributed by atoms with van der Waals surface area (Å²) in [6.07, 6.45) is 66.5. The third kappa shape index (κ3) is 56.2. The first-order valence-electron chi connectivity index (χ1n) is 31.8. The monoisotopic (exact) mass is 1200 g/mol. The molecular formula is C64H120O6S3Sn. The van der Waals surface area contributed by atoms with Crippen molar-refractivity contribution in [1.82, 2.24) is 0 Å². The second-order valence-electron chi connectivity index (χ2n) is 21.0. The number of esters is 3. The number of hydrogen-bond acceptors (Lipinski definition) is 9. The molecule has 0 aliphatic rings. The third-order valence-electron chi connectivity index (χ3n) is 13.8. The molecule has 0 aliphatic carbocycles. The van der Waals surface area contributed by atoms with Crippen LogP contribution in [0, 0.1) is 0 Å². The molecule has 0 N–H and O–H groups in total. The van der Waals surface area contributed by atoms with Gasteiger partial charge >= 0.3 is 284 Å².